The minimum atomic E-state index is -4.10. The number of benzene rings is 3. The van der Waals surface area contributed by atoms with Gasteiger partial charge in [-0.15, -0.1) is 0 Å². The van der Waals surface area contributed by atoms with Gasteiger partial charge in [-0.3, -0.25) is 13.9 Å². The number of aryl methyl sites for hydroxylation is 3. The first-order valence-electron chi connectivity index (χ1n) is 12.8. The van der Waals surface area contributed by atoms with E-state index in [0.29, 0.717) is 5.69 Å². The average molecular weight is 615 g/mol. The summed E-state index contributed by atoms with van der Waals surface area (Å²) in [5.74, 6) is -0.803. The Balaban J connectivity index is 2.06. The summed E-state index contributed by atoms with van der Waals surface area (Å²) in [6, 6.07) is 18.4. The number of sulfonamides is 1. The molecule has 0 unspecified atom stereocenters. The van der Waals surface area contributed by atoms with Crippen molar-refractivity contribution >= 4 is 43.5 Å². The predicted molar refractivity (Wildman–Crippen MR) is 159 cm³/mol. The molecule has 3 rings (SSSR count). The van der Waals surface area contributed by atoms with E-state index < -0.39 is 28.5 Å². The summed E-state index contributed by atoms with van der Waals surface area (Å²) in [6.45, 7) is 10.7. The van der Waals surface area contributed by atoms with Gasteiger partial charge in [-0.05, 0) is 94.6 Å². The van der Waals surface area contributed by atoms with E-state index in [0.717, 1.165) is 31.0 Å². The highest BCUT2D eigenvalue weighted by molar-refractivity contribution is 9.10. The highest BCUT2D eigenvalue weighted by Crippen LogP contribution is 2.27. The molecule has 39 heavy (non-hydrogen) atoms. The van der Waals surface area contributed by atoms with Gasteiger partial charge >= 0.3 is 0 Å². The lowest BCUT2D eigenvalue weighted by Crippen LogP contribution is -2.52. The SMILES string of the molecule is Cc1ccc(S(=O)(=O)N(CC(=O)N(Cc2cccc(Br)c2)[C@@H](C)C(=O)NC(C)C)c2ccc(C)c(C)c2)cc1. The molecular weight excluding hydrogens is 578 g/mol. The van der Waals surface area contributed by atoms with E-state index in [9.17, 15) is 18.0 Å². The van der Waals surface area contributed by atoms with Gasteiger partial charge in [-0.25, -0.2) is 8.42 Å². The number of carbonyl (C=O) groups is 2. The number of carbonyl (C=O) groups excluding carboxylic acids is 2. The molecule has 3 aromatic rings. The van der Waals surface area contributed by atoms with E-state index in [4.69, 9.17) is 0 Å². The van der Waals surface area contributed by atoms with E-state index in [1.807, 2.05) is 65.0 Å². The third kappa shape index (κ3) is 7.70. The fourth-order valence-electron chi connectivity index (χ4n) is 4.07. The smallest absolute Gasteiger partial charge is 0.264 e. The lowest BCUT2D eigenvalue weighted by Gasteiger charge is -2.32. The Bertz CT molecular complexity index is 1440. The molecule has 1 atom stereocenters. The Hall–Kier alpha value is -3.17. The largest absolute Gasteiger partial charge is 0.352 e. The number of anilines is 1. The summed E-state index contributed by atoms with van der Waals surface area (Å²) in [4.78, 5) is 28.5. The van der Waals surface area contributed by atoms with Crippen molar-refractivity contribution in [3.63, 3.8) is 0 Å². The second-order valence-electron chi connectivity index (χ2n) is 10.1. The maximum absolute atomic E-state index is 14.0. The number of rotatable bonds is 10. The van der Waals surface area contributed by atoms with Crippen LogP contribution in [0.1, 0.15) is 43.0 Å². The zero-order valence-corrected chi connectivity index (χ0v) is 25.6. The molecule has 0 aliphatic carbocycles. The Kier molecular flexibility index (Phi) is 9.96. The molecule has 0 aliphatic rings. The van der Waals surface area contributed by atoms with Crippen LogP contribution in [0.5, 0.6) is 0 Å². The van der Waals surface area contributed by atoms with Gasteiger partial charge in [0.2, 0.25) is 11.8 Å². The van der Waals surface area contributed by atoms with Crippen molar-refractivity contribution in [3.8, 4) is 0 Å². The zero-order valence-electron chi connectivity index (χ0n) is 23.2. The van der Waals surface area contributed by atoms with Crippen molar-refractivity contribution < 1.29 is 18.0 Å². The van der Waals surface area contributed by atoms with Crippen LogP contribution in [0.15, 0.2) is 76.1 Å². The third-order valence-electron chi connectivity index (χ3n) is 6.51. The van der Waals surface area contributed by atoms with Gasteiger partial charge in [0.1, 0.15) is 12.6 Å². The zero-order chi connectivity index (χ0) is 28.9. The van der Waals surface area contributed by atoms with Crippen LogP contribution < -0.4 is 9.62 Å². The van der Waals surface area contributed by atoms with Crippen LogP contribution >= 0.6 is 15.9 Å². The summed E-state index contributed by atoms with van der Waals surface area (Å²) in [5, 5.41) is 2.86. The molecule has 0 heterocycles. The molecule has 9 heteroatoms. The molecule has 0 bridgehead atoms. The van der Waals surface area contributed by atoms with Gasteiger partial charge in [0.05, 0.1) is 10.6 Å². The normalized spacial score (nSPS) is 12.2. The first kappa shape index (κ1) is 30.4. The first-order chi connectivity index (χ1) is 18.3. The van der Waals surface area contributed by atoms with Crippen molar-refractivity contribution in [3.05, 3.63) is 93.5 Å². The van der Waals surface area contributed by atoms with E-state index in [-0.39, 0.29) is 23.4 Å². The van der Waals surface area contributed by atoms with Crippen LogP contribution in [0.3, 0.4) is 0 Å². The fraction of sp³-hybridized carbons (Fsp3) is 0.333. The number of hydrogen-bond donors (Lipinski definition) is 1. The Morgan fingerprint density at radius 3 is 2.15 bits per heavy atom. The molecule has 0 saturated heterocycles. The van der Waals surface area contributed by atoms with Crippen LogP contribution in [0.4, 0.5) is 5.69 Å². The highest BCUT2D eigenvalue weighted by atomic mass is 79.9. The third-order valence-corrected chi connectivity index (χ3v) is 8.79. The summed E-state index contributed by atoms with van der Waals surface area (Å²) in [7, 11) is -4.10. The second-order valence-corrected chi connectivity index (χ2v) is 12.9. The maximum Gasteiger partial charge on any atom is 0.264 e. The van der Waals surface area contributed by atoms with Crippen LogP contribution in [-0.4, -0.2) is 43.8 Å². The lowest BCUT2D eigenvalue weighted by molar-refractivity contribution is -0.139. The van der Waals surface area contributed by atoms with E-state index in [1.54, 1.807) is 43.3 Å². The quantitative estimate of drug-likeness (QED) is 0.326. The maximum atomic E-state index is 14.0. The summed E-state index contributed by atoms with van der Waals surface area (Å²) in [6.07, 6.45) is 0. The van der Waals surface area contributed by atoms with Crippen molar-refractivity contribution in [2.24, 2.45) is 0 Å². The predicted octanol–water partition coefficient (Wildman–Crippen LogP) is 5.51. The summed E-state index contributed by atoms with van der Waals surface area (Å²) >= 11 is 3.46. The monoisotopic (exact) mass is 613 g/mol. The summed E-state index contributed by atoms with van der Waals surface area (Å²) < 4.78 is 29.8. The molecule has 1 N–H and O–H groups in total. The van der Waals surface area contributed by atoms with Crippen LogP contribution in [0.25, 0.3) is 0 Å². The van der Waals surface area contributed by atoms with E-state index in [2.05, 4.69) is 21.2 Å². The Labute approximate surface area is 240 Å². The van der Waals surface area contributed by atoms with Gasteiger partial charge in [0, 0.05) is 17.1 Å². The summed E-state index contributed by atoms with van der Waals surface area (Å²) in [5.41, 5.74) is 4.02. The average Bonchev–Trinajstić information content (AvgIpc) is 2.87. The molecule has 0 spiro atoms. The number of halogens is 1. The molecule has 7 nitrogen and oxygen atoms in total. The molecule has 2 amide bonds. The standard InChI is InChI=1S/C30H36BrN3O4S/c1-20(2)32-30(36)24(6)33(18-25-8-7-9-26(31)17-25)29(35)19-34(27-13-12-22(4)23(5)16-27)39(37,38)28-14-10-21(3)11-15-28/h7-17,20,24H,18-19H2,1-6H3,(H,32,36)/t24-/m0/s1. The van der Waals surface area contributed by atoms with Crippen molar-refractivity contribution in [1.82, 2.24) is 10.2 Å². The van der Waals surface area contributed by atoms with Gasteiger partial charge in [0.15, 0.2) is 0 Å². The topological polar surface area (TPSA) is 86.8 Å². The van der Waals surface area contributed by atoms with Gasteiger partial charge in [-0.1, -0.05) is 51.8 Å². The molecule has 0 saturated carbocycles. The number of nitrogens with zero attached hydrogens (tertiary/aromatic N) is 2. The second kappa shape index (κ2) is 12.8. The van der Waals surface area contributed by atoms with Crippen molar-refractivity contribution in [1.29, 1.82) is 0 Å². The van der Waals surface area contributed by atoms with E-state index in [1.165, 1.54) is 4.90 Å². The molecular formula is C30H36BrN3O4S. The molecule has 0 fully saturated rings. The van der Waals surface area contributed by atoms with E-state index >= 15 is 0 Å². The van der Waals surface area contributed by atoms with Gasteiger partial charge in [0.25, 0.3) is 10.0 Å². The minimum absolute atomic E-state index is 0.0864. The fourth-order valence-corrected chi connectivity index (χ4v) is 5.92. The minimum Gasteiger partial charge on any atom is -0.352 e. The lowest BCUT2D eigenvalue weighted by atomic mass is 10.1. The first-order valence-corrected chi connectivity index (χ1v) is 15.0. The molecule has 0 radical (unpaired) electrons. The number of amides is 2. The van der Waals surface area contributed by atoms with Gasteiger partial charge in [-0.2, -0.15) is 0 Å². The van der Waals surface area contributed by atoms with Crippen molar-refractivity contribution in [2.45, 2.75) is 65.1 Å². The highest BCUT2D eigenvalue weighted by Gasteiger charge is 2.32. The number of hydrogen-bond acceptors (Lipinski definition) is 4. The molecule has 0 aliphatic heterocycles. The Morgan fingerprint density at radius 1 is 0.897 bits per heavy atom. The number of nitrogens with one attached hydrogen (secondary N) is 1. The Morgan fingerprint density at radius 2 is 1.56 bits per heavy atom. The van der Waals surface area contributed by atoms with Crippen LogP contribution in [0.2, 0.25) is 0 Å². The van der Waals surface area contributed by atoms with Gasteiger partial charge < -0.3 is 10.2 Å². The van der Waals surface area contributed by atoms with Crippen LogP contribution in [-0.2, 0) is 26.2 Å². The van der Waals surface area contributed by atoms with Crippen molar-refractivity contribution in [2.75, 3.05) is 10.8 Å². The molecule has 0 aromatic heterocycles. The molecule has 3 aromatic carbocycles. The van der Waals surface area contributed by atoms with Crippen LogP contribution in [0, 0.1) is 20.8 Å². The molecule has 208 valence electrons.